The number of hydrogen-bond acceptors (Lipinski definition) is 3. The Bertz CT molecular complexity index is 848. The largest absolute Gasteiger partial charge is 0.419 e. The van der Waals surface area contributed by atoms with Crippen LogP contribution in [0.25, 0.3) is 11.1 Å². The van der Waals surface area contributed by atoms with E-state index in [0.29, 0.717) is 12.1 Å². The van der Waals surface area contributed by atoms with E-state index in [-0.39, 0.29) is 5.76 Å². The maximum atomic E-state index is 11.9. The molecule has 23 heavy (non-hydrogen) atoms. The van der Waals surface area contributed by atoms with Crippen molar-refractivity contribution >= 4 is 11.1 Å². The first-order valence-electron chi connectivity index (χ1n) is 7.96. The third kappa shape index (κ3) is 3.71. The summed E-state index contributed by atoms with van der Waals surface area (Å²) in [6.45, 7) is 4.64. The van der Waals surface area contributed by atoms with Gasteiger partial charge in [0, 0.05) is 13.1 Å². The number of oxazole rings is 1. The molecular weight excluding hydrogens is 288 g/mol. The Morgan fingerprint density at radius 1 is 1.13 bits per heavy atom. The molecule has 3 rings (SSSR count). The van der Waals surface area contributed by atoms with Crippen LogP contribution in [-0.4, -0.2) is 23.1 Å². The summed E-state index contributed by atoms with van der Waals surface area (Å²) in [5.74, 6) is -0.271. The average molecular weight is 310 g/mol. The molecule has 120 valence electrons. The Morgan fingerprint density at radius 2 is 1.96 bits per heavy atom. The Kier molecular flexibility index (Phi) is 4.63. The van der Waals surface area contributed by atoms with E-state index in [9.17, 15) is 4.79 Å². The molecule has 1 heterocycles. The molecule has 0 fully saturated rings. The molecule has 0 spiro atoms. The first-order chi connectivity index (χ1) is 11.1. The number of hydrogen-bond donors (Lipinski definition) is 0. The quantitative estimate of drug-likeness (QED) is 0.700. The highest BCUT2D eigenvalue weighted by Gasteiger charge is 2.08. The Balaban J connectivity index is 1.58. The lowest BCUT2D eigenvalue weighted by atomic mass is 10.1. The number of aryl methyl sites for hydroxylation is 2. The molecule has 4 nitrogen and oxygen atoms in total. The molecule has 0 saturated carbocycles. The van der Waals surface area contributed by atoms with Gasteiger partial charge in [-0.25, -0.2) is 4.79 Å². The van der Waals surface area contributed by atoms with Crippen LogP contribution in [0.3, 0.4) is 0 Å². The van der Waals surface area contributed by atoms with Crippen molar-refractivity contribution in [1.82, 2.24) is 9.47 Å². The van der Waals surface area contributed by atoms with Crippen molar-refractivity contribution in [3.05, 3.63) is 70.2 Å². The zero-order valence-corrected chi connectivity index (χ0v) is 13.7. The standard InChI is InChI=1S/C19H22N2O2/c1-15-7-5-8-16(13-15)14-20(2)11-6-12-21-17-9-3-4-10-18(17)23-19(21)22/h3-5,7-10,13H,6,11-12,14H2,1-2H3. The van der Waals surface area contributed by atoms with E-state index >= 15 is 0 Å². The second kappa shape index (κ2) is 6.84. The third-order valence-electron chi connectivity index (χ3n) is 4.03. The minimum Gasteiger partial charge on any atom is -0.408 e. The highest BCUT2D eigenvalue weighted by atomic mass is 16.4. The summed E-state index contributed by atoms with van der Waals surface area (Å²) in [6.07, 6.45) is 0.908. The number of para-hydroxylation sites is 2. The Morgan fingerprint density at radius 3 is 2.78 bits per heavy atom. The van der Waals surface area contributed by atoms with Crippen LogP contribution in [0.4, 0.5) is 0 Å². The SMILES string of the molecule is Cc1cccc(CN(C)CCCn2c(=O)oc3ccccc32)c1. The van der Waals surface area contributed by atoms with Crippen LogP contribution in [-0.2, 0) is 13.1 Å². The van der Waals surface area contributed by atoms with E-state index in [2.05, 4.69) is 43.1 Å². The Labute approximate surface area is 136 Å². The van der Waals surface area contributed by atoms with E-state index in [1.54, 1.807) is 4.57 Å². The van der Waals surface area contributed by atoms with Gasteiger partial charge >= 0.3 is 5.76 Å². The van der Waals surface area contributed by atoms with Gasteiger partial charge in [0.2, 0.25) is 0 Å². The maximum absolute atomic E-state index is 11.9. The smallest absolute Gasteiger partial charge is 0.408 e. The lowest BCUT2D eigenvalue weighted by Gasteiger charge is -2.17. The summed E-state index contributed by atoms with van der Waals surface area (Å²) in [7, 11) is 2.11. The summed E-state index contributed by atoms with van der Waals surface area (Å²) in [4.78, 5) is 14.2. The molecule has 0 atom stereocenters. The third-order valence-corrected chi connectivity index (χ3v) is 4.03. The highest BCUT2D eigenvalue weighted by Crippen LogP contribution is 2.12. The molecule has 0 N–H and O–H groups in total. The molecule has 0 aliphatic carbocycles. The zero-order chi connectivity index (χ0) is 16.2. The van der Waals surface area contributed by atoms with Crippen molar-refractivity contribution in [1.29, 1.82) is 0 Å². The van der Waals surface area contributed by atoms with Crippen LogP contribution in [0.2, 0.25) is 0 Å². The normalized spacial score (nSPS) is 11.4. The van der Waals surface area contributed by atoms with E-state index in [0.717, 1.165) is 25.0 Å². The minimum atomic E-state index is -0.271. The first kappa shape index (κ1) is 15.6. The second-order valence-corrected chi connectivity index (χ2v) is 6.07. The van der Waals surface area contributed by atoms with Crippen LogP contribution in [0, 0.1) is 6.92 Å². The van der Waals surface area contributed by atoms with Gasteiger partial charge in [0.15, 0.2) is 5.58 Å². The molecule has 0 bridgehead atoms. The van der Waals surface area contributed by atoms with Crippen molar-refractivity contribution in [2.45, 2.75) is 26.4 Å². The topological polar surface area (TPSA) is 38.4 Å². The van der Waals surface area contributed by atoms with E-state index < -0.39 is 0 Å². The molecule has 0 radical (unpaired) electrons. The highest BCUT2D eigenvalue weighted by molar-refractivity contribution is 5.72. The lowest BCUT2D eigenvalue weighted by molar-refractivity contribution is 0.312. The van der Waals surface area contributed by atoms with Crippen LogP contribution >= 0.6 is 0 Å². The number of aromatic nitrogens is 1. The fourth-order valence-electron chi connectivity index (χ4n) is 2.93. The van der Waals surface area contributed by atoms with Crippen LogP contribution in [0.1, 0.15) is 17.5 Å². The molecule has 0 unspecified atom stereocenters. The molecule has 1 aromatic heterocycles. The monoisotopic (exact) mass is 310 g/mol. The molecular formula is C19H22N2O2. The summed E-state index contributed by atoms with van der Waals surface area (Å²) in [6, 6.07) is 16.1. The predicted molar refractivity (Wildman–Crippen MR) is 92.6 cm³/mol. The van der Waals surface area contributed by atoms with Gasteiger partial charge in [-0.1, -0.05) is 42.0 Å². The van der Waals surface area contributed by atoms with E-state index in [1.165, 1.54) is 11.1 Å². The van der Waals surface area contributed by atoms with Crippen molar-refractivity contribution < 1.29 is 4.42 Å². The van der Waals surface area contributed by atoms with Crippen molar-refractivity contribution in [3.8, 4) is 0 Å². The predicted octanol–water partition coefficient (Wildman–Crippen LogP) is 3.43. The lowest BCUT2D eigenvalue weighted by Crippen LogP contribution is -2.22. The van der Waals surface area contributed by atoms with Crippen LogP contribution in [0.15, 0.2) is 57.7 Å². The van der Waals surface area contributed by atoms with Gasteiger partial charge in [-0.2, -0.15) is 0 Å². The fraction of sp³-hybridized carbons (Fsp3) is 0.316. The van der Waals surface area contributed by atoms with Crippen molar-refractivity contribution in [2.24, 2.45) is 0 Å². The van der Waals surface area contributed by atoms with Crippen LogP contribution < -0.4 is 5.76 Å². The molecule has 0 saturated heterocycles. The number of fused-ring (bicyclic) bond motifs is 1. The van der Waals surface area contributed by atoms with Gasteiger partial charge in [0.1, 0.15) is 0 Å². The zero-order valence-electron chi connectivity index (χ0n) is 13.7. The van der Waals surface area contributed by atoms with Gasteiger partial charge in [0.25, 0.3) is 0 Å². The van der Waals surface area contributed by atoms with E-state index in [4.69, 9.17) is 4.42 Å². The van der Waals surface area contributed by atoms with Gasteiger partial charge in [-0.3, -0.25) is 4.57 Å². The van der Waals surface area contributed by atoms with Gasteiger partial charge in [-0.05, 0) is 44.6 Å². The number of benzene rings is 2. The average Bonchev–Trinajstić information content (AvgIpc) is 2.83. The minimum absolute atomic E-state index is 0.271. The first-order valence-corrected chi connectivity index (χ1v) is 7.96. The van der Waals surface area contributed by atoms with Gasteiger partial charge in [0.05, 0.1) is 5.52 Å². The summed E-state index contributed by atoms with van der Waals surface area (Å²) in [5.41, 5.74) is 4.13. The van der Waals surface area contributed by atoms with Crippen LogP contribution in [0.5, 0.6) is 0 Å². The molecule has 4 heteroatoms. The maximum Gasteiger partial charge on any atom is 0.419 e. The molecule has 3 aromatic rings. The summed E-state index contributed by atoms with van der Waals surface area (Å²) >= 11 is 0. The second-order valence-electron chi connectivity index (χ2n) is 6.07. The number of nitrogens with zero attached hydrogens (tertiary/aromatic N) is 2. The fourth-order valence-corrected chi connectivity index (χ4v) is 2.93. The summed E-state index contributed by atoms with van der Waals surface area (Å²) < 4.78 is 6.98. The molecule has 2 aromatic carbocycles. The van der Waals surface area contributed by atoms with E-state index in [1.807, 2.05) is 24.3 Å². The summed E-state index contributed by atoms with van der Waals surface area (Å²) in [5, 5.41) is 0. The van der Waals surface area contributed by atoms with Crippen molar-refractivity contribution in [3.63, 3.8) is 0 Å². The van der Waals surface area contributed by atoms with Gasteiger partial charge < -0.3 is 9.32 Å². The number of rotatable bonds is 6. The Hall–Kier alpha value is -2.33. The van der Waals surface area contributed by atoms with Crippen molar-refractivity contribution in [2.75, 3.05) is 13.6 Å². The molecule has 0 aliphatic rings. The van der Waals surface area contributed by atoms with Gasteiger partial charge in [-0.15, -0.1) is 0 Å². The molecule has 0 amide bonds. The molecule has 0 aliphatic heterocycles.